The maximum Gasteiger partial charge on any atom is 0.367 e. The summed E-state index contributed by atoms with van der Waals surface area (Å²) in [5.74, 6) is -0.912. The number of aromatic nitrogens is 1. The van der Waals surface area contributed by atoms with Gasteiger partial charge in [-0.25, -0.2) is 9.78 Å². The van der Waals surface area contributed by atoms with E-state index in [2.05, 4.69) is 32.9 Å². The first-order chi connectivity index (χ1) is 10.0. The van der Waals surface area contributed by atoms with Crippen LogP contribution in [0.5, 0.6) is 0 Å². The van der Waals surface area contributed by atoms with Crippen LogP contribution in [0.2, 0.25) is 5.02 Å². The van der Waals surface area contributed by atoms with Crippen LogP contribution in [0, 0.1) is 3.57 Å². The Balaban J connectivity index is 2.12. The normalized spacial score (nSPS) is 10.2. The third-order valence-electron chi connectivity index (χ3n) is 2.37. The highest BCUT2D eigenvalue weighted by Gasteiger charge is 2.17. The van der Waals surface area contributed by atoms with Gasteiger partial charge in [-0.2, -0.15) is 0 Å². The van der Waals surface area contributed by atoms with Crippen LogP contribution >= 0.6 is 45.5 Å². The van der Waals surface area contributed by atoms with Crippen molar-refractivity contribution in [3.05, 3.63) is 42.9 Å². The number of halogens is 2. The molecule has 8 heteroatoms. The van der Waals surface area contributed by atoms with Gasteiger partial charge in [0.1, 0.15) is 5.69 Å². The average molecular weight is 437 g/mol. The Hall–Kier alpha value is -1.19. The summed E-state index contributed by atoms with van der Waals surface area (Å²) in [7, 11) is 0. The van der Waals surface area contributed by atoms with E-state index >= 15 is 0 Å². The standard InChI is InChI=1S/C13H10ClIN2O3S/c1-2-20-13(19)12-17-10(6-21-12)11(18)16-9-4-3-7(14)5-8(9)15/h3-6H,2H2,1H3,(H,16,18). The van der Waals surface area contributed by atoms with Crippen LogP contribution in [0.25, 0.3) is 0 Å². The van der Waals surface area contributed by atoms with Crippen molar-refractivity contribution in [3.63, 3.8) is 0 Å². The zero-order chi connectivity index (χ0) is 15.4. The van der Waals surface area contributed by atoms with Crippen molar-refractivity contribution < 1.29 is 14.3 Å². The second-order valence-corrected chi connectivity index (χ2v) is 6.29. The number of nitrogens with zero attached hydrogens (tertiary/aromatic N) is 1. The van der Waals surface area contributed by atoms with E-state index in [9.17, 15) is 9.59 Å². The minimum Gasteiger partial charge on any atom is -0.461 e. The highest BCUT2D eigenvalue weighted by molar-refractivity contribution is 14.1. The van der Waals surface area contributed by atoms with Crippen LogP contribution < -0.4 is 5.32 Å². The first kappa shape index (κ1) is 16.2. The lowest BCUT2D eigenvalue weighted by atomic mass is 10.3. The maximum atomic E-state index is 12.1. The van der Waals surface area contributed by atoms with E-state index in [4.69, 9.17) is 16.3 Å². The second-order valence-electron chi connectivity index (χ2n) is 3.84. The fourth-order valence-corrected chi connectivity index (χ4v) is 3.14. The summed E-state index contributed by atoms with van der Waals surface area (Å²) < 4.78 is 5.65. The predicted octanol–water partition coefficient (Wildman–Crippen LogP) is 3.83. The molecule has 0 atom stereocenters. The summed E-state index contributed by atoms with van der Waals surface area (Å²) in [6.45, 7) is 1.98. The smallest absolute Gasteiger partial charge is 0.367 e. The fraction of sp³-hybridized carbons (Fsp3) is 0.154. The van der Waals surface area contributed by atoms with E-state index in [1.807, 2.05) is 0 Å². The van der Waals surface area contributed by atoms with Gasteiger partial charge in [-0.05, 0) is 47.7 Å². The molecule has 2 rings (SSSR count). The molecule has 5 nitrogen and oxygen atoms in total. The Bertz CT molecular complexity index is 690. The topological polar surface area (TPSA) is 68.3 Å². The molecule has 1 aromatic heterocycles. The monoisotopic (exact) mass is 436 g/mol. The van der Waals surface area contributed by atoms with Crippen LogP contribution in [-0.2, 0) is 4.74 Å². The van der Waals surface area contributed by atoms with Gasteiger partial charge in [-0.1, -0.05) is 11.6 Å². The predicted molar refractivity (Wildman–Crippen MR) is 90.2 cm³/mol. The fourth-order valence-electron chi connectivity index (χ4n) is 1.44. The van der Waals surface area contributed by atoms with Gasteiger partial charge in [-0.3, -0.25) is 4.79 Å². The molecule has 21 heavy (non-hydrogen) atoms. The SMILES string of the molecule is CCOC(=O)c1nc(C(=O)Nc2ccc(Cl)cc2I)cs1. The number of amides is 1. The van der Waals surface area contributed by atoms with Crippen LogP contribution in [-0.4, -0.2) is 23.5 Å². The molecule has 1 aromatic carbocycles. The van der Waals surface area contributed by atoms with Gasteiger partial charge in [0.15, 0.2) is 0 Å². The van der Waals surface area contributed by atoms with Crippen molar-refractivity contribution in [3.8, 4) is 0 Å². The number of anilines is 1. The number of hydrogen-bond acceptors (Lipinski definition) is 5. The van der Waals surface area contributed by atoms with E-state index in [1.165, 1.54) is 5.38 Å². The number of ether oxygens (including phenoxy) is 1. The Kier molecular flexibility index (Phi) is 5.54. The number of benzene rings is 1. The van der Waals surface area contributed by atoms with Crippen LogP contribution in [0.1, 0.15) is 27.2 Å². The van der Waals surface area contributed by atoms with Crippen molar-refractivity contribution in [1.82, 2.24) is 4.98 Å². The van der Waals surface area contributed by atoms with E-state index in [0.717, 1.165) is 14.9 Å². The van der Waals surface area contributed by atoms with Gasteiger partial charge in [0, 0.05) is 14.0 Å². The van der Waals surface area contributed by atoms with Gasteiger partial charge in [0.05, 0.1) is 12.3 Å². The molecule has 2 aromatic rings. The lowest BCUT2D eigenvalue weighted by Crippen LogP contribution is -2.14. The molecule has 0 unspecified atom stereocenters. The molecule has 0 radical (unpaired) electrons. The van der Waals surface area contributed by atoms with E-state index < -0.39 is 5.97 Å². The summed E-state index contributed by atoms with van der Waals surface area (Å²) >= 11 is 9.01. The molecule has 1 heterocycles. The highest BCUT2D eigenvalue weighted by Crippen LogP contribution is 2.23. The van der Waals surface area contributed by atoms with Gasteiger partial charge >= 0.3 is 5.97 Å². The minimum absolute atomic E-state index is 0.160. The molecule has 0 bridgehead atoms. The third kappa shape index (κ3) is 4.14. The number of hydrogen-bond donors (Lipinski definition) is 1. The molecule has 110 valence electrons. The Morgan fingerprint density at radius 3 is 2.90 bits per heavy atom. The third-order valence-corrected chi connectivity index (χ3v) is 4.32. The summed E-state index contributed by atoms with van der Waals surface area (Å²) in [4.78, 5) is 27.6. The van der Waals surface area contributed by atoms with Crippen LogP contribution in [0.15, 0.2) is 23.6 Å². The van der Waals surface area contributed by atoms with E-state index in [-0.39, 0.29) is 23.2 Å². The number of thiazole rings is 1. The molecule has 0 fully saturated rings. The van der Waals surface area contributed by atoms with Gasteiger partial charge in [0.2, 0.25) is 5.01 Å². The Labute approximate surface area is 143 Å². The average Bonchev–Trinajstić information content (AvgIpc) is 2.92. The van der Waals surface area contributed by atoms with Crippen molar-refractivity contribution in [2.45, 2.75) is 6.92 Å². The lowest BCUT2D eigenvalue weighted by Gasteiger charge is -2.06. The number of carbonyl (C=O) groups is 2. The van der Waals surface area contributed by atoms with E-state index in [0.29, 0.717) is 10.7 Å². The summed E-state index contributed by atoms with van der Waals surface area (Å²) in [5.41, 5.74) is 0.810. The molecule has 1 amide bonds. The second kappa shape index (κ2) is 7.19. The van der Waals surface area contributed by atoms with Gasteiger partial charge in [-0.15, -0.1) is 11.3 Å². The molecule has 0 aliphatic carbocycles. The number of rotatable bonds is 4. The van der Waals surface area contributed by atoms with E-state index in [1.54, 1.807) is 25.1 Å². The molecule has 0 saturated heterocycles. The first-order valence-corrected chi connectivity index (χ1v) is 8.24. The van der Waals surface area contributed by atoms with Crippen molar-refractivity contribution in [2.24, 2.45) is 0 Å². The van der Waals surface area contributed by atoms with Crippen molar-refractivity contribution >= 4 is 63.1 Å². The van der Waals surface area contributed by atoms with Crippen molar-refractivity contribution in [1.29, 1.82) is 0 Å². The Morgan fingerprint density at radius 1 is 1.48 bits per heavy atom. The maximum absolute atomic E-state index is 12.1. The van der Waals surface area contributed by atoms with Gasteiger partial charge in [0.25, 0.3) is 5.91 Å². The van der Waals surface area contributed by atoms with Gasteiger partial charge < -0.3 is 10.1 Å². The quantitative estimate of drug-likeness (QED) is 0.584. The summed E-state index contributed by atoms with van der Waals surface area (Å²) in [6.07, 6.45) is 0. The van der Waals surface area contributed by atoms with Crippen molar-refractivity contribution in [2.75, 3.05) is 11.9 Å². The number of carbonyl (C=O) groups excluding carboxylic acids is 2. The lowest BCUT2D eigenvalue weighted by molar-refractivity contribution is 0.0526. The molecule has 0 aliphatic heterocycles. The Morgan fingerprint density at radius 2 is 2.24 bits per heavy atom. The zero-order valence-electron chi connectivity index (χ0n) is 10.9. The largest absolute Gasteiger partial charge is 0.461 e. The molecular formula is C13H10ClIN2O3S. The highest BCUT2D eigenvalue weighted by atomic mass is 127. The molecule has 1 N–H and O–H groups in total. The van der Waals surface area contributed by atoms with Crippen LogP contribution in [0.4, 0.5) is 5.69 Å². The van der Waals surface area contributed by atoms with Crippen LogP contribution in [0.3, 0.4) is 0 Å². The summed E-state index contributed by atoms with van der Waals surface area (Å²) in [5, 5.41) is 5.00. The summed E-state index contributed by atoms with van der Waals surface area (Å²) in [6, 6.07) is 5.13. The zero-order valence-corrected chi connectivity index (χ0v) is 14.6. The molecule has 0 saturated carbocycles. The minimum atomic E-state index is -0.525. The molecular weight excluding hydrogens is 427 g/mol. The first-order valence-electron chi connectivity index (χ1n) is 5.90. The number of esters is 1. The molecule has 0 spiro atoms. The number of nitrogens with one attached hydrogen (secondary N) is 1. The molecule has 0 aliphatic rings.